The van der Waals surface area contributed by atoms with Gasteiger partial charge >= 0.3 is 0 Å². The van der Waals surface area contributed by atoms with Crippen LogP contribution in [0.1, 0.15) is 26.2 Å². The van der Waals surface area contributed by atoms with Crippen LogP contribution in [0.25, 0.3) is 0 Å². The molecule has 0 nitrogen and oxygen atoms in total. The Labute approximate surface area is 49.9 Å². The lowest BCUT2D eigenvalue weighted by Gasteiger charge is -1.85. The fourth-order valence-corrected chi connectivity index (χ4v) is 1.23. The highest BCUT2D eigenvalue weighted by atomic mass is 35.5. The lowest BCUT2D eigenvalue weighted by atomic mass is 10.2. The standard InChI is InChI=1S/C6H11Cl/c1-2-3-5-4-6(5)7/h5-6H,2-4H2,1H3. The topological polar surface area (TPSA) is 0 Å². The van der Waals surface area contributed by atoms with Crippen LogP contribution < -0.4 is 0 Å². The molecular weight excluding hydrogens is 108 g/mol. The van der Waals surface area contributed by atoms with Crippen molar-refractivity contribution in [2.45, 2.75) is 31.6 Å². The third-order valence-corrected chi connectivity index (χ3v) is 2.03. The summed E-state index contributed by atoms with van der Waals surface area (Å²) in [6.45, 7) is 2.21. The van der Waals surface area contributed by atoms with Gasteiger partial charge in [-0.15, -0.1) is 11.6 Å². The van der Waals surface area contributed by atoms with E-state index in [-0.39, 0.29) is 0 Å². The molecule has 0 saturated heterocycles. The van der Waals surface area contributed by atoms with Crippen LogP contribution in [0.4, 0.5) is 0 Å². The van der Waals surface area contributed by atoms with Crippen LogP contribution in [0.2, 0.25) is 0 Å². The molecule has 7 heavy (non-hydrogen) atoms. The molecule has 1 heteroatoms. The van der Waals surface area contributed by atoms with E-state index in [1.54, 1.807) is 0 Å². The second kappa shape index (κ2) is 2.04. The number of alkyl halides is 1. The van der Waals surface area contributed by atoms with E-state index < -0.39 is 0 Å². The van der Waals surface area contributed by atoms with E-state index in [0.29, 0.717) is 5.38 Å². The molecule has 0 bridgehead atoms. The van der Waals surface area contributed by atoms with Crippen LogP contribution in [0, 0.1) is 5.92 Å². The Morgan fingerprint density at radius 3 is 2.43 bits per heavy atom. The van der Waals surface area contributed by atoms with E-state index in [4.69, 9.17) is 11.6 Å². The first-order chi connectivity index (χ1) is 3.34. The van der Waals surface area contributed by atoms with Gasteiger partial charge in [-0.1, -0.05) is 13.3 Å². The molecule has 0 aromatic carbocycles. The fraction of sp³-hybridized carbons (Fsp3) is 1.00. The molecule has 1 aliphatic carbocycles. The predicted octanol–water partition coefficient (Wildman–Crippen LogP) is 2.41. The lowest BCUT2D eigenvalue weighted by molar-refractivity contribution is 0.709. The molecule has 1 saturated carbocycles. The van der Waals surface area contributed by atoms with Crippen molar-refractivity contribution in [2.75, 3.05) is 0 Å². The van der Waals surface area contributed by atoms with Gasteiger partial charge in [0.15, 0.2) is 0 Å². The lowest BCUT2D eigenvalue weighted by Crippen LogP contribution is -1.75. The van der Waals surface area contributed by atoms with Gasteiger partial charge in [-0.3, -0.25) is 0 Å². The molecule has 0 aromatic heterocycles. The molecule has 0 radical (unpaired) electrons. The van der Waals surface area contributed by atoms with Crippen molar-refractivity contribution in [3.63, 3.8) is 0 Å². The average Bonchev–Trinajstić information content (AvgIpc) is 2.22. The molecule has 2 atom stereocenters. The zero-order chi connectivity index (χ0) is 5.28. The quantitative estimate of drug-likeness (QED) is 0.489. The largest absolute Gasteiger partial charge is 0.123 e. The smallest absolute Gasteiger partial charge is 0.0367 e. The summed E-state index contributed by atoms with van der Waals surface area (Å²) in [7, 11) is 0. The van der Waals surface area contributed by atoms with Crippen LogP contribution >= 0.6 is 11.6 Å². The van der Waals surface area contributed by atoms with Gasteiger partial charge in [0.25, 0.3) is 0 Å². The van der Waals surface area contributed by atoms with E-state index in [0.717, 1.165) is 5.92 Å². The first kappa shape index (κ1) is 5.43. The Morgan fingerprint density at radius 1 is 1.71 bits per heavy atom. The molecule has 2 unspecified atom stereocenters. The number of rotatable bonds is 2. The van der Waals surface area contributed by atoms with Crippen molar-refractivity contribution in [2.24, 2.45) is 5.92 Å². The number of hydrogen-bond acceptors (Lipinski definition) is 0. The maximum absolute atomic E-state index is 5.73. The second-order valence-corrected chi connectivity index (χ2v) is 2.86. The number of hydrogen-bond donors (Lipinski definition) is 0. The molecule has 0 spiro atoms. The minimum Gasteiger partial charge on any atom is -0.123 e. The Morgan fingerprint density at radius 2 is 2.29 bits per heavy atom. The normalized spacial score (nSPS) is 38.6. The third-order valence-electron chi connectivity index (χ3n) is 1.50. The monoisotopic (exact) mass is 118 g/mol. The summed E-state index contributed by atoms with van der Waals surface area (Å²) >= 11 is 5.73. The Bertz CT molecular complexity index is 61.2. The van der Waals surface area contributed by atoms with Gasteiger partial charge in [0, 0.05) is 5.38 Å². The van der Waals surface area contributed by atoms with E-state index in [2.05, 4.69) is 6.92 Å². The highest BCUT2D eigenvalue weighted by molar-refractivity contribution is 6.22. The Hall–Kier alpha value is 0.290. The van der Waals surface area contributed by atoms with Crippen LogP contribution in [-0.4, -0.2) is 5.38 Å². The average molecular weight is 119 g/mol. The van der Waals surface area contributed by atoms with E-state index in [9.17, 15) is 0 Å². The molecule has 0 N–H and O–H groups in total. The van der Waals surface area contributed by atoms with Crippen molar-refractivity contribution in [1.29, 1.82) is 0 Å². The van der Waals surface area contributed by atoms with E-state index >= 15 is 0 Å². The molecule has 0 heterocycles. The Balaban J connectivity index is 1.98. The highest BCUT2D eigenvalue weighted by Gasteiger charge is 2.33. The van der Waals surface area contributed by atoms with Crippen LogP contribution in [0.3, 0.4) is 0 Å². The third kappa shape index (κ3) is 1.34. The van der Waals surface area contributed by atoms with Gasteiger partial charge < -0.3 is 0 Å². The van der Waals surface area contributed by atoms with Gasteiger partial charge in [-0.05, 0) is 18.8 Å². The maximum Gasteiger partial charge on any atom is 0.0367 e. The molecule has 1 aliphatic rings. The second-order valence-electron chi connectivity index (χ2n) is 2.30. The van der Waals surface area contributed by atoms with Crippen molar-refractivity contribution in [3.8, 4) is 0 Å². The number of halogens is 1. The molecule has 0 amide bonds. The summed E-state index contributed by atoms with van der Waals surface area (Å²) in [6, 6.07) is 0. The minimum absolute atomic E-state index is 0.542. The minimum atomic E-state index is 0.542. The zero-order valence-electron chi connectivity index (χ0n) is 4.65. The van der Waals surface area contributed by atoms with Crippen molar-refractivity contribution < 1.29 is 0 Å². The predicted molar refractivity (Wildman–Crippen MR) is 32.7 cm³/mol. The van der Waals surface area contributed by atoms with Gasteiger partial charge in [0.2, 0.25) is 0 Å². The van der Waals surface area contributed by atoms with Crippen molar-refractivity contribution in [3.05, 3.63) is 0 Å². The molecule has 0 aromatic rings. The van der Waals surface area contributed by atoms with Crippen molar-refractivity contribution >= 4 is 11.6 Å². The summed E-state index contributed by atoms with van der Waals surface area (Å²) in [5, 5.41) is 0.542. The summed E-state index contributed by atoms with van der Waals surface area (Å²) in [5.41, 5.74) is 0. The SMILES string of the molecule is CCCC1CC1Cl. The van der Waals surface area contributed by atoms with Crippen LogP contribution in [0.15, 0.2) is 0 Å². The van der Waals surface area contributed by atoms with Crippen LogP contribution in [0.5, 0.6) is 0 Å². The molecule has 42 valence electrons. The van der Waals surface area contributed by atoms with Gasteiger partial charge in [0.1, 0.15) is 0 Å². The van der Waals surface area contributed by atoms with Gasteiger partial charge in [0.05, 0.1) is 0 Å². The summed E-state index contributed by atoms with van der Waals surface area (Å²) in [6.07, 6.45) is 3.91. The Kier molecular flexibility index (Phi) is 1.58. The van der Waals surface area contributed by atoms with Gasteiger partial charge in [-0.2, -0.15) is 0 Å². The summed E-state index contributed by atoms with van der Waals surface area (Å²) in [4.78, 5) is 0. The van der Waals surface area contributed by atoms with Crippen molar-refractivity contribution in [1.82, 2.24) is 0 Å². The van der Waals surface area contributed by atoms with Crippen LogP contribution in [-0.2, 0) is 0 Å². The summed E-state index contributed by atoms with van der Waals surface area (Å²) in [5.74, 6) is 0.881. The molecular formula is C6H11Cl. The first-order valence-electron chi connectivity index (χ1n) is 2.98. The van der Waals surface area contributed by atoms with E-state index in [1.807, 2.05) is 0 Å². The van der Waals surface area contributed by atoms with E-state index in [1.165, 1.54) is 19.3 Å². The van der Waals surface area contributed by atoms with Gasteiger partial charge in [-0.25, -0.2) is 0 Å². The molecule has 0 aliphatic heterocycles. The fourth-order valence-electron chi connectivity index (χ4n) is 0.880. The highest BCUT2D eigenvalue weighted by Crippen LogP contribution is 2.39. The molecule has 1 fully saturated rings. The zero-order valence-corrected chi connectivity index (χ0v) is 5.41. The maximum atomic E-state index is 5.73. The summed E-state index contributed by atoms with van der Waals surface area (Å²) < 4.78 is 0. The first-order valence-corrected chi connectivity index (χ1v) is 3.42. The molecule has 1 rings (SSSR count).